The number of rotatable bonds is 4. The van der Waals surface area contributed by atoms with Crippen molar-refractivity contribution < 1.29 is 9.18 Å². The van der Waals surface area contributed by atoms with Crippen LogP contribution in [0.3, 0.4) is 0 Å². The van der Waals surface area contributed by atoms with Crippen LogP contribution in [0.25, 0.3) is 0 Å². The summed E-state index contributed by atoms with van der Waals surface area (Å²) in [7, 11) is 1.74. The Kier molecular flexibility index (Phi) is 4.24. The van der Waals surface area contributed by atoms with E-state index in [1.54, 1.807) is 17.8 Å². The molecule has 0 aliphatic carbocycles. The van der Waals surface area contributed by atoms with E-state index in [9.17, 15) is 9.18 Å². The van der Waals surface area contributed by atoms with Crippen LogP contribution in [0.2, 0.25) is 5.02 Å². The smallest absolute Gasteiger partial charge is 0.244 e. The molecule has 0 aliphatic rings. The molecular weight excluding hydrogens is 283 g/mol. The Balaban J connectivity index is 1.94. The van der Waals surface area contributed by atoms with E-state index >= 15 is 0 Å². The molecule has 2 aromatic rings. The molecular formula is C13H14ClFN4O. The first-order chi connectivity index (χ1) is 9.45. The fourth-order valence-electron chi connectivity index (χ4n) is 1.72. The van der Waals surface area contributed by atoms with Gasteiger partial charge >= 0.3 is 0 Å². The number of aryl methyl sites for hydroxylation is 2. The van der Waals surface area contributed by atoms with Gasteiger partial charge in [0.25, 0.3) is 0 Å². The molecule has 1 aromatic heterocycles. The highest BCUT2D eigenvalue weighted by Gasteiger charge is 2.08. The zero-order valence-corrected chi connectivity index (χ0v) is 11.8. The molecule has 0 unspecified atom stereocenters. The van der Waals surface area contributed by atoms with Crippen LogP contribution >= 0.6 is 11.6 Å². The van der Waals surface area contributed by atoms with Crippen LogP contribution in [0.5, 0.6) is 0 Å². The standard InChI is InChI=1S/C13H14ClFN4O/c1-8-5-12(19(2)18-8)17-13(20)7-16-11-4-3-9(15)6-10(11)14/h3-6,16H,7H2,1-2H3,(H,17,20). The summed E-state index contributed by atoms with van der Waals surface area (Å²) in [5, 5.41) is 9.92. The minimum atomic E-state index is -0.421. The molecule has 5 nitrogen and oxygen atoms in total. The fourth-order valence-corrected chi connectivity index (χ4v) is 1.96. The van der Waals surface area contributed by atoms with Crippen LogP contribution in [-0.2, 0) is 11.8 Å². The van der Waals surface area contributed by atoms with Gasteiger partial charge in [-0.15, -0.1) is 0 Å². The molecule has 0 atom stereocenters. The van der Waals surface area contributed by atoms with Crippen LogP contribution < -0.4 is 10.6 Å². The molecule has 0 aliphatic heterocycles. The van der Waals surface area contributed by atoms with Gasteiger partial charge in [-0.3, -0.25) is 9.48 Å². The number of hydrogen-bond donors (Lipinski definition) is 2. The summed E-state index contributed by atoms with van der Waals surface area (Å²) in [5.41, 5.74) is 1.32. The maximum atomic E-state index is 12.9. The predicted molar refractivity (Wildman–Crippen MR) is 76.5 cm³/mol. The molecule has 0 fully saturated rings. The van der Waals surface area contributed by atoms with Crippen molar-refractivity contribution in [3.63, 3.8) is 0 Å². The Hall–Kier alpha value is -2.08. The Morgan fingerprint density at radius 3 is 2.80 bits per heavy atom. The number of nitrogens with one attached hydrogen (secondary N) is 2. The Labute approximate surface area is 120 Å². The summed E-state index contributed by atoms with van der Waals surface area (Å²) >= 11 is 5.85. The molecule has 20 heavy (non-hydrogen) atoms. The van der Waals surface area contributed by atoms with E-state index in [0.29, 0.717) is 11.5 Å². The molecule has 0 bridgehead atoms. The summed E-state index contributed by atoms with van der Waals surface area (Å²) in [4.78, 5) is 11.8. The van der Waals surface area contributed by atoms with Crippen molar-refractivity contribution >= 4 is 29.0 Å². The van der Waals surface area contributed by atoms with E-state index in [-0.39, 0.29) is 17.5 Å². The van der Waals surface area contributed by atoms with Crippen LogP contribution in [0, 0.1) is 12.7 Å². The van der Waals surface area contributed by atoms with Crippen LogP contribution in [0.15, 0.2) is 24.3 Å². The van der Waals surface area contributed by atoms with Crippen molar-refractivity contribution in [2.24, 2.45) is 7.05 Å². The molecule has 0 saturated carbocycles. The number of carbonyl (C=O) groups excluding carboxylic acids is 1. The molecule has 2 N–H and O–H groups in total. The second kappa shape index (κ2) is 5.92. The number of aromatic nitrogens is 2. The summed E-state index contributed by atoms with van der Waals surface area (Å²) in [6.07, 6.45) is 0. The Morgan fingerprint density at radius 1 is 1.45 bits per heavy atom. The van der Waals surface area contributed by atoms with E-state index in [0.717, 1.165) is 5.69 Å². The Bertz CT molecular complexity index is 641. The average molecular weight is 297 g/mol. The van der Waals surface area contributed by atoms with Gasteiger partial charge < -0.3 is 10.6 Å². The van der Waals surface area contributed by atoms with Crippen LogP contribution in [0.1, 0.15) is 5.69 Å². The van der Waals surface area contributed by atoms with Gasteiger partial charge in [0, 0.05) is 13.1 Å². The van der Waals surface area contributed by atoms with E-state index in [4.69, 9.17) is 11.6 Å². The van der Waals surface area contributed by atoms with Gasteiger partial charge in [0.1, 0.15) is 11.6 Å². The van der Waals surface area contributed by atoms with Crippen molar-refractivity contribution in [2.75, 3.05) is 17.2 Å². The molecule has 0 spiro atoms. The molecule has 1 aromatic carbocycles. The third kappa shape index (κ3) is 3.48. The highest BCUT2D eigenvalue weighted by molar-refractivity contribution is 6.33. The molecule has 106 valence electrons. The maximum absolute atomic E-state index is 12.9. The third-order valence-electron chi connectivity index (χ3n) is 2.64. The second-order valence-corrected chi connectivity index (χ2v) is 4.73. The van der Waals surface area contributed by atoms with Gasteiger partial charge in [0.15, 0.2) is 0 Å². The molecule has 7 heteroatoms. The van der Waals surface area contributed by atoms with Crippen molar-refractivity contribution in [3.8, 4) is 0 Å². The van der Waals surface area contributed by atoms with E-state index in [2.05, 4.69) is 15.7 Å². The summed E-state index contributed by atoms with van der Waals surface area (Å²) < 4.78 is 14.5. The van der Waals surface area contributed by atoms with E-state index in [1.165, 1.54) is 18.2 Å². The normalized spacial score (nSPS) is 10.4. The number of benzene rings is 1. The topological polar surface area (TPSA) is 59.0 Å². The highest BCUT2D eigenvalue weighted by atomic mass is 35.5. The lowest BCUT2D eigenvalue weighted by molar-refractivity contribution is -0.114. The Morgan fingerprint density at radius 2 is 2.20 bits per heavy atom. The number of halogens is 2. The maximum Gasteiger partial charge on any atom is 0.244 e. The SMILES string of the molecule is Cc1cc(NC(=O)CNc2ccc(F)cc2Cl)n(C)n1. The summed E-state index contributed by atoms with van der Waals surface area (Å²) in [5.74, 6) is -0.0525. The lowest BCUT2D eigenvalue weighted by atomic mass is 10.3. The van der Waals surface area contributed by atoms with Crippen molar-refractivity contribution in [1.82, 2.24) is 9.78 Å². The molecule has 0 saturated heterocycles. The number of amides is 1. The number of anilines is 2. The second-order valence-electron chi connectivity index (χ2n) is 4.32. The molecule has 2 rings (SSSR count). The van der Waals surface area contributed by atoms with Crippen LogP contribution in [0.4, 0.5) is 15.9 Å². The first kappa shape index (κ1) is 14.3. The van der Waals surface area contributed by atoms with Gasteiger partial charge in [-0.1, -0.05) is 11.6 Å². The van der Waals surface area contributed by atoms with Gasteiger partial charge in [0.2, 0.25) is 5.91 Å². The molecule has 1 amide bonds. The number of nitrogens with zero attached hydrogens (tertiary/aromatic N) is 2. The zero-order valence-electron chi connectivity index (χ0n) is 11.1. The third-order valence-corrected chi connectivity index (χ3v) is 2.95. The fraction of sp³-hybridized carbons (Fsp3) is 0.231. The minimum Gasteiger partial charge on any atom is -0.375 e. The predicted octanol–water partition coefficient (Wildman–Crippen LogP) is 2.57. The van der Waals surface area contributed by atoms with E-state index < -0.39 is 5.82 Å². The van der Waals surface area contributed by atoms with Gasteiger partial charge in [-0.05, 0) is 25.1 Å². The highest BCUT2D eigenvalue weighted by Crippen LogP contribution is 2.22. The summed E-state index contributed by atoms with van der Waals surface area (Å²) in [6, 6.07) is 5.71. The van der Waals surface area contributed by atoms with Gasteiger partial charge in [-0.2, -0.15) is 5.10 Å². The minimum absolute atomic E-state index is 0.0234. The first-order valence-corrected chi connectivity index (χ1v) is 6.33. The molecule has 1 heterocycles. The van der Waals surface area contributed by atoms with Crippen molar-refractivity contribution in [2.45, 2.75) is 6.92 Å². The van der Waals surface area contributed by atoms with Gasteiger partial charge in [0.05, 0.1) is 22.9 Å². The number of carbonyl (C=O) groups is 1. The van der Waals surface area contributed by atoms with E-state index in [1.807, 2.05) is 6.92 Å². The number of hydrogen-bond acceptors (Lipinski definition) is 3. The van der Waals surface area contributed by atoms with Crippen molar-refractivity contribution in [3.05, 3.63) is 40.8 Å². The van der Waals surface area contributed by atoms with Gasteiger partial charge in [-0.25, -0.2) is 4.39 Å². The average Bonchev–Trinajstić information content (AvgIpc) is 2.66. The largest absolute Gasteiger partial charge is 0.375 e. The lowest BCUT2D eigenvalue weighted by Gasteiger charge is -2.09. The first-order valence-electron chi connectivity index (χ1n) is 5.95. The lowest BCUT2D eigenvalue weighted by Crippen LogP contribution is -2.23. The summed E-state index contributed by atoms with van der Waals surface area (Å²) in [6.45, 7) is 1.86. The molecule has 0 radical (unpaired) electrons. The quantitative estimate of drug-likeness (QED) is 0.911. The zero-order chi connectivity index (χ0) is 14.7. The monoisotopic (exact) mass is 296 g/mol. The van der Waals surface area contributed by atoms with Crippen molar-refractivity contribution in [1.29, 1.82) is 0 Å². The van der Waals surface area contributed by atoms with Crippen LogP contribution in [-0.4, -0.2) is 22.2 Å².